The Hall–Kier alpha value is -6.64. The number of para-hydroxylation sites is 2. The number of nitrogens with zero attached hydrogens (tertiary/aromatic N) is 2. The minimum absolute atomic E-state index is 0.101. The van der Waals surface area contributed by atoms with Gasteiger partial charge in [-0.3, -0.25) is 0 Å². The zero-order valence-corrected chi connectivity index (χ0v) is 31.0. The van der Waals surface area contributed by atoms with Crippen molar-refractivity contribution in [1.29, 1.82) is 0 Å². The van der Waals surface area contributed by atoms with Crippen molar-refractivity contribution in [2.75, 3.05) is 4.90 Å². The zero-order chi connectivity index (χ0) is 36.8. The van der Waals surface area contributed by atoms with Crippen LogP contribution >= 0.6 is 0 Å². The molecule has 0 saturated heterocycles. The van der Waals surface area contributed by atoms with Gasteiger partial charge in [-0.2, -0.15) is 0 Å². The van der Waals surface area contributed by atoms with Crippen LogP contribution in [0, 0.1) is 6.92 Å². The van der Waals surface area contributed by atoms with Gasteiger partial charge in [-0.1, -0.05) is 154 Å². The van der Waals surface area contributed by atoms with E-state index < -0.39 is 0 Å². The third-order valence-electron chi connectivity index (χ3n) is 11.2. The Bertz CT molecular complexity index is 2680. The Kier molecular flexibility index (Phi) is 8.24. The van der Waals surface area contributed by atoms with Crippen LogP contribution in [0.4, 0.5) is 17.1 Å². The SMILES string of the molecule is C=C/C=C(/c1ccc(N(c2ccc(-c3ccccc3)cc2)c2ccc3c(c2)C(C)(C)c2ccccc2-3)cc1)c1c(C)n(-c2ccccc2)c2ccccc12. The number of aromatic nitrogens is 1. The highest BCUT2D eigenvalue weighted by atomic mass is 15.1. The average molecular weight is 695 g/mol. The van der Waals surface area contributed by atoms with Gasteiger partial charge in [0.1, 0.15) is 0 Å². The van der Waals surface area contributed by atoms with Crippen molar-refractivity contribution < 1.29 is 0 Å². The van der Waals surface area contributed by atoms with Gasteiger partial charge in [-0.25, -0.2) is 0 Å². The van der Waals surface area contributed by atoms with Crippen LogP contribution in [-0.4, -0.2) is 4.57 Å². The summed E-state index contributed by atoms with van der Waals surface area (Å²) in [4.78, 5) is 2.39. The van der Waals surface area contributed by atoms with E-state index in [1.54, 1.807) is 0 Å². The summed E-state index contributed by atoms with van der Waals surface area (Å²) in [5.74, 6) is 0. The van der Waals surface area contributed by atoms with E-state index in [2.05, 4.69) is 219 Å². The normalized spacial score (nSPS) is 13.1. The number of rotatable bonds is 8. The molecule has 2 nitrogen and oxygen atoms in total. The second-order valence-electron chi connectivity index (χ2n) is 14.7. The largest absolute Gasteiger partial charge is 0.313 e. The van der Waals surface area contributed by atoms with E-state index in [1.165, 1.54) is 55.5 Å². The summed E-state index contributed by atoms with van der Waals surface area (Å²) < 4.78 is 2.37. The molecular formula is C52H42N2. The fraction of sp³-hybridized carbons (Fsp3) is 0.0769. The minimum Gasteiger partial charge on any atom is -0.313 e. The second-order valence-corrected chi connectivity index (χ2v) is 14.7. The Morgan fingerprint density at radius 1 is 0.574 bits per heavy atom. The summed E-state index contributed by atoms with van der Waals surface area (Å²) in [5, 5.41) is 1.22. The monoisotopic (exact) mass is 694 g/mol. The Balaban J connectivity index is 1.16. The van der Waals surface area contributed by atoms with Crippen molar-refractivity contribution in [1.82, 2.24) is 4.57 Å². The van der Waals surface area contributed by atoms with E-state index in [0.29, 0.717) is 0 Å². The summed E-state index contributed by atoms with van der Waals surface area (Å²) in [6.45, 7) is 11.1. The Labute approximate surface area is 318 Å². The lowest BCUT2D eigenvalue weighted by Gasteiger charge is -2.28. The molecule has 7 aromatic carbocycles. The predicted molar refractivity (Wildman–Crippen MR) is 229 cm³/mol. The van der Waals surface area contributed by atoms with Gasteiger partial charge in [0.25, 0.3) is 0 Å². The molecule has 9 rings (SSSR count). The van der Waals surface area contributed by atoms with Crippen LogP contribution in [0.3, 0.4) is 0 Å². The third-order valence-corrected chi connectivity index (χ3v) is 11.2. The second kappa shape index (κ2) is 13.4. The highest BCUT2D eigenvalue weighted by Crippen LogP contribution is 2.50. The van der Waals surface area contributed by atoms with Gasteiger partial charge in [0, 0.05) is 44.8 Å². The molecule has 0 amide bonds. The first kappa shape index (κ1) is 33.2. The fourth-order valence-corrected chi connectivity index (χ4v) is 8.56. The maximum Gasteiger partial charge on any atom is 0.0537 e. The number of allylic oxidation sites excluding steroid dienone is 2. The van der Waals surface area contributed by atoms with E-state index >= 15 is 0 Å². The molecule has 1 aliphatic rings. The van der Waals surface area contributed by atoms with Crippen LogP contribution in [0.2, 0.25) is 0 Å². The highest BCUT2D eigenvalue weighted by Gasteiger charge is 2.35. The highest BCUT2D eigenvalue weighted by molar-refractivity contribution is 6.00. The molecule has 0 spiro atoms. The van der Waals surface area contributed by atoms with Gasteiger partial charge in [-0.15, -0.1) is 0 Å². The van der Waals surface area contributed by atoms with Crippen molar-refractivity contribution in [2.24, 2.45) is 0 Å². The molecule has 0 unspecified atom stereocenters. The van der Waals surface area contributed by atoms with E-state index in [1.807, 2.05) is 6.08 Å². The van der Waals surface area contributed by atoms with Crippen LogP contribution in [0.25, 0.3) is 44.4 Å². The number of hydrogen-bond donors (Lipinski definition) is 0. The maximum absolute atomic E-state index is 4.14. The lowest BCUT2D eigenvalue weighted by molar-refractivity contribution is 0.660. The molecule has 260 valence electrons. The van der Waals surface area contributed by atoms with E-state index in [0.717, 1.165) is 33.9 Å². The Morgan fingerprint density at radius 3 is 1.87 bits per heavy atom. The van der Waals surface area contributed by atoms with Crippen molar-refractivity contribution in [3.63, 3.8) is 0 Å². The molecule has 0 aliphatic heterocycles. The average Bonchev–Trinajstić information content (AvgIpc) is 3.64. The minimum atomic E-state index is -0.101. The molecule has 1 heterocycles. The molecule has 1 aromatic heterocycles. The third kappa shape index (κ3) is 5.50. The van der Waals surface area contributed by atoms with Gasteiger partial charge in [0.15, 0.2) is 0 Å². The van der Waals surface area contributed by atoms with E-state index in [-0.39, 0.29) is 5.41 Å². The van der Waals surface area contributed by atoms with Crippen molar-refractivity contribution in [2.45, 2.75) is 26.2 Å². The van der Waals surface area contributed by atoms with Gasteiger partial charge in [0.05, 0.1) is 5.52 Å². The molecule has 8 aromatic rings. The van der Waals surface area contributed by atoms with Crippen LogP contribution in [0.1, 0.15) is 41.8 Å². The number of anilines is 3. The molecule has 0 N–H and O–H groups in total. The van der Waals surface area contributed by atoms with Gasteiger partial charge >= 0.3 is 0 Å². The molecule has 0 bridgehead atoms. The molecular weight excluding hydrogens is 653 g/mol. The Morgan fingerprint density at radius 2 is 1.15 bits per heavy atom. The smallest absolute Gasteiger partial charge is 0.0537 e. The fourth-order valence-electron chi connectivity index (χ4n) is 8.56. The first-order valence-corrected chi connectivity index (χ1v) is 18.7. The van der Waals surface area contributed by atoms with E-state index in [9.17, 15) is 0 Å². The van der Waals surface area contributed by atoms with Gasteiger partial charge in [0.2, 0.25) is 0 Å². The topological polar surface area (TPSA) is 8.17 Å². The number of hydrogen-bond acceptors (Lipinski definition) is 1. The first-order valence-electron chi connectivity index (χ1n) is 18.7. The molecule has 0 fully saturated rings. The van der Waals surface area contributed by atoms with E-state index in [4.69, 9.17) is 0 Å². The number of benzene rings is 7. The molecule has 0 radical (unpaired) electrons. The summed E-state index contributed by atoms with van der Waals surface area (Å²) in [7, 11) is 0. The molecule has 2 heteroatoms. The van der Waals surface area contributed by atoms with Gasteiger partial charge in [-0.05, 0) is 106 Å². The molecule has 54 heavy (non-hydrogen) atoms. The van der Waals surface area contributed by atoms with Gasteiger partial charge < -0.3 is 9.47 Å². The quantitative estimate of drug-likeness (QED) is 0.144. The maximum atomic E-state index is 4.14. The molecule has 1 aliphatic carbocycles. The van der Waals surface area contributed by atoms with Crippen molar-refractivity contribution >= 4 is 33.5 Å². The summed E-state index contributed by atoms with van der Waals surface area (Å²) >= 11 is 0. The first-order chi connectivity index (χ1) is 26.4. The lowest BCUT2D eigenvalue weighted by Crippen LogP contribution is -2.16. The molecule has 0 atom stereocenters. The predicted octanol–water partition coefficient (Wildman–Crippen LogP) is 14.0. The molecule has 0 saturated carbocycles. The van der Waals surface area contributed by atoms with Crippen molar-refractivity contribution in [3.05, 3.63) is 223 Å². The standard InChI is InChI=1S/C52H42N2/c1-5-16-44(51-36(2)53(40-19-10-7-11-20-40)50-24-15-13-22-47(50)51)39-27-31-42(32-28-39)54(41-29-25-38(26-30-41)37-17-8-6-9-18-37)43-33-34-46-45-21-12-14-23-48(45)52(3,4)49(46)35-43/h5-35H,1H2,2-4H3/b44-16-. The zero-order valence-electron chi connectivity index (χ0n) is 31.0. The van der Waals surface area contributed by atoms with Crippen LogP contribution < -0.4 is 4.90 Å². The number of fused-ring (bicyclic) bond motifs is 4. The summed E-state index contributed by atoms with van der Waals surface area (Å²) in [5.41, 5.74) is 18.1. The summed E-state index contributed by atoms with van der Waals surface area (Å²) in [6, 6.07) is 63.7. The van der Waals surface area contributed by atoms with Crippen molar-refractivity contribution in [3.8, 4) is 27.9 Å². The summed E-state index contributed by atoms with van der Waals surface area (Å²) in [6.07, 6.45) is 4.06. The van der Waals surface area contributed by atoms with Crippen LogP contribution in [0.5, 0.6) is 0 Å². The van der Waals surface area contributed by atoms with Crippen LogP contribution in [-0.2, 0) is 5.41 Å². The lowest BCUT2D eigenvalue weighted by atomic mass is 9.82. The van der Waals surface area contributed by atoms with Crippen LogP contribution in [0.15, 0.2) is 195 Å².